The van der Waals surface area contributed by atoms with Crippen LogP contribution in [0.1, 0.15) is 36.6 Å². The van der Waals surface area contributed by atoms with E-state index in [-0.39, 0.29) is 5.56 Å². The Morgan fingerprint density at radius 2 is 1.45 bits per heavy atom. The Hall–Kier alpha value is -2.35. The maximum Gasteiger partial charge on any atom is 0.263 e. The molecule has 0 amide bonds. The number of benzene rings is 2. The molecule has 0 aliphatic carbocycles. The second kappa shape index (κ2) is 5.45. The lowest BCUT2D eigenvalue weighted by Gasteiger charge is -2.19. The van der Waals surface area contributed by atoms with Crippen LogP contribution in [0.25, 0.3) is 16.5 Å². The van der Waals surface area contributed by atoms with Crippen LogP contribution in [0.3, 0.4) is 0 Å². The molecule has 2 nitrogen and oxygen atoms in total. The summed E-state index contributed by atoms with van der Waals surface area (Å²) in [6.45, 7) is 8.46. The smallest absolute Gasteiger partial charge is 0.263 e. The molecule has 0 unspecified atom stereocenters. The van der Waals surface area contributed by atoms with E-state index in [0.29, 0.717) is 5.92 Å². The predicted molar refractivity (Wildman–Crippen MR) is 93.1 cm³/mol. The first-order chi connectivity index (χ1) is 10.5. The summed E-state index contributed by atoms with van der Waals surface area (Å²) in [4.78, 5) is 13.0. The molecule has 0 radical (unpaired) electrons. The van der Waals surface area contributed by atoms with E-state index in [9.17, 15) is 4.79 Å². The van der Waals surface area contributed by atoms with E-state index in [2.05, 4.69) is 26.8 Å². The minimum atomic E-state index is 0.0568. The number of hydrogen-bond acceptors (Lipinski definition) is 1. The van der Waals surface area contributed by atoms with Crippen LogP contribution >= 0.6 is 0 Å². The Balaban J connectivity index is 2.45. The SMILES string of the molecule is Cc1ccc(-n2c(C)c(C(C)C)c3ccccc3c2=O)cc1. The molecule has 3 aromatic rings. The second-order valence-electron chi connectivity index (χ2n) is 6.18. The van der Waals surface area contributed by atoms with Crippen LogP contribution in [0.15, 0.2) is 53.3 Å². The Kier molecular flexibility index (Phi) is 3.61. The van der Waals surface area contributed by atoms with Crippen LogP contribution in [0, 0.1) is 13.8 Å². The van der Waals surface area contributed by atoms with E-state index in [4.69, 9.17) is 0 Å². The van der Waals surface area contributed by atoms with E-state index < -0.39 is 0 Å². The van der Waals surface area contributed by atoms with Gasteiger partial charge in [0, 0.05) is 16.8 Å². The normalized spacial score (nSPS) is 11.3. The fourth-order valence-corrected chi connectivity index (χ4v) is 3.23. The van der Waals surface area contributed by atoms with Crippen molar-refractivity contribution in [2.45, 2.75) is 33.6 Å². The summed E-state index contributed by atoms with van der Waals surface area (Å²) in [5, 5.41) is 1.86. The van der Waals surface area contributed by atoms with Gasteiger partial charge in [0.1, 0.15) is 0 Å². The summed E-state index contributed by atoms with van der Waals surface area (Å²) < 4.78 is 1.84. The Morgan fingerprint density at radius 3 is 2.05 bits per heavy atom. The van der Waals surface area contributed by atoms with Crippen molar-refractivity contribution < 1.29 is 0 Å². The van der Waals surface area contributed by atoms with E-state index in [0.717, 1.165) is 22.2 Å². The molecular weight excluding hydrogens is 270 g/mol. The highest BCUT2D eigenvalue weighted by Crippen LogP contribution is 2.28. The van der Waals surface area contributed by atoms with Crippen LogP contribution in [0.2, 0.25) is 0 Å². The molecule has 1 aromatic heterocycles. The molecule has 112 valence electrons. The highest BCUT2D eigenvalue weighted by Gasteiger charge is 2.16. The summed E-state index contributed by atoms with van der Waals surface area (Å²) in [5.74, 6) is 0.363. The van der Waals surface area contributed by atoms with Gasteiger partial charge in [-0.15, -0.1) is 0 Å². The largest absolute Gasteiger partial charge is 0.281 e. The van der Waals surface area contributed by atoms with Crippen LogP contribution in [0.4, 0.5) is 0 Å². The number of fused-ring (bicyclic) bond motifs is 1. The molecule has 0 atom stereocenters. The summed E-state index contributed by atoms with van der Waals surface area (Å²) in [5.41, 5.74) is 4.46. The van der Waals surface area contributed by atoms with Crippen molar-refractivity contribution in [3.05, 3.63) is 75.7 Å². The molecule has 0 aliphatic rings. The lowest BCUT2D eigenvalue weighted by Crippen LogP contribution is -2.23. The fraction of sp³-hybridized carbons (Fsp3) is 0.250. The quantitative estimate of drug-likeness (QED) is 0.669. The van der Waals surface area contributed by atoms with E-state index in [1.54, 1.807) is 0 Å². The van der Waals surface area contributed by atoms with Crippen LogP contribution in [-0.4, -0.2) is 4.57 Å². The first kappa shape index (κ1) is 14.6. The van der Waals surface area contributed by atoms with Gasteiger partial charge in [0.05, 0.1) is 0 Å². The fourth-order valence-electron chi connectivity index (χ4n) is 3.23. The Labute approximate surface area is 131 Å². The zero-order valence-electron chi connectivity index (χ0n) is 13.6. The number of rotatable bonds is 2. The summed E-state index contributed by atoms with van der Waals surface area (Å²) in [6.07, 6.45) is 0. The van der Waals surface area contributed by atoms with Gasteiger partial charge >= 0.3 is 0 Å². The van der Waals surface area contributed by atoms with E-state index >= 15 is 0 Å². The van der Waals surface area contributed by atoms with Crippen LogP contribution in [0.5, 0.6) is 0 Å². The molecule has 0 saturated heterocycles. The van der Waals surface area contributed by atoms with Crippen molar-refractivity contribution in [3.63, 3.8) is 0 Å². The number of pyridine rings is 1. The monoisotopic (exact) mass is 291 g/mol. The molecule has 2 heteroatoms. The number of aryl methyl sites for hydroxylation is 1. The average Bonchev–Trinajstić information content (AvgIpc) is 2.49. The van der Waals surface area contributed by atoms with E-state index in [1.165, 1.54) is 11.1 Å². The molecule has 3 rings (SSSR count). The molecule has 2 aromatic carbocycles. The summed E-state index contributed by atoms with van der Waals surface area (Å²) in [6, 6.07) is 16.0. The van der Waals surface area contributed by atoms with Crippen molar-refractivity contribution in [1.29, 1.82) is 0 Å². The highest BCUT2D eigenvalue weighted by atomic mass is 16.1. The van der Waals surface area contributed by atoms with Gasteiger partial charge in [-0.1, -0.05) is 49.7 Å². The van der Waals surface area contributed by atoms with Gasteiger partial charge in [-0.05, 0) is 48.9 Å². The third-order valence-electron chi connectivity index (χ3n) is 4.25. The maximum atomic E-state index is 13.0. The second-order valence-corrected chi connectivity index (χ2v) is 6.18. The lowest BCUT2D eigenvalue weighted by atomic mass is 9.95. The molecule has 0 fully saturated rings. The zero-order valence-corrected chi connectivity index (χ0v) is 13.6. The number of hydrogen-bond donors (Lipinski definition) is 0. The minimum Gasteiger partial charge on any atom is -0.281 e. The third kappa shape index (κ3) is 2.25. The summed E-state index contributed by atoms with van der Waals surface area (Å²) in [7, 11) is 0. The first-order valence-electron chi connectivity index (χ1n) is 7.72. The van der Waals surface area contributed by atoms with Gasteiger partial charge < -0.3 is 0 Å². The molecule has 1 heterocycles. The van der Waals surface area contributed by atoms with Gasteiger partial charge in [0.15, 0.2) is 0 Å². The van der Waals surface area contributed by atoms with Gasteiger partial charge in [-0.25, -0.2) is 0 Å². The molecule has 0 aliphatic heterocycles. The van der Waals surface area contributed by atoms with Crippen molar-refractivity contribution in [2.75, 3.05) is 0 Å². The lowest BCUT2D eigenvalue weighted by molar-refractivity contribution is 0.822. The van der Waals surface area contributed by atoms with Crippen LogP contribution in [-0.2, 0) is 0 Å². The highest BCUT2D eigenvalue weighted by molar-refractivity contribution is 5.86. The van der Waals surface area contributed by atoms with Gasteiger partial charge in [-0.3, -0.25) is 9.36 Å². The topological polar surface area (TPSA) is 22.0 Å². The summed E-state index contributed by atoms with van der Waals surface area (Å²) >= 11 is 0. The average molecular weight is 291 g/mol. The third-order valence-corrected chi connectivity index (χ3v) is 4.25. The first-order valence-corrected chi connectivity index (χ1v) is 7.72. The van der Waals surface area contributed by atoms with Crippen molar-refractivity contribution >= 4 is 10.8 Å². The zero-order chi connectivity index (χ0) is 15.9. The molecule has 0 bridgehead atoms. The minimum absolute atomic E-state index is 0.0568. The number of aromatic nitrogens is 1. The molecular formula is C20H21NO. The van der Waals surface area contributed by atoms with Gasteiger partial charge in [-0.2, -0.15) is 0 Å². The molecule has 0 N–H and O–H groups in total. The van der Waals surface area contributed by atoms with Crippen LogP contribution < -0.4 is 5.56 Å². The van der Waals surface area contributed by atoms with Gasteiger partial charge in [0.25, 0.3) is 5.56 Å². The van der Waals surface area contributed by atoms with Crippen molar-refractivity contribution in [3.8, 4) is 5.69 Å². The molecule has 0 spiro atoms. The molecule has 22 heavy (non-hydrogen) atoms. The Morgan fingerprint density at radius 1 is 0.864 bits per heavy atom. The predicted octanol–water partition coefficient (Wildman–Crippen LogP) is 4.73. The van der Waals surface area contributed by atoms with E-state index in [1.807, 2.05) is 54.0 Å². The standard InChI is InChI=1S/C20H21NO/c1-13(2)19-15(4)21(16-11-9-14(3)10-12-16)20(22)18-8-6-5-7-17(18)19/h5-13H,1-4H3. The number of nitrogens with zero attached hydrogens (tertiary/aromatic N) is 1. The van der Waals surface area contributed by atoms with Gasteiger partial charge in [0.2, 0.25) is 0 Å². The molecule has 0 saturated carbocycles. The van der Waals surface area contributed by atoms with Crippen molar-refractivity contribution in [2.24, 2.45) is 0 Å². The Bertz CT molecular complexity index is 886. The maximum absolute atomic E-state index is 13.0. The van der Waals surface area contributed by atoms with Crippen molar-refractivity contribution in [1.82, 2.24) is 4.57 Å².